The lowest BCUT2D eigenvalue weighted by atomic mass is 10.0. The minimum absolute atomic E-state index is 0.0702. The normalized spacial score (nSPS) is 12.9. The number of halogens is 2. The van der Waals surface area contributed by atoms with Gasteiger partial charge in [0.25, 0.3) is 0 Å². The van der Waals surface area contributed by atoms with E-state index in [0.29, 0.717) is 19.6 Å². The van der Waals surface area contributed by atoms with Gasteiger partial charge in [0.2, 0.25) is 0 Å². The molecule has 1 N–H and O–H groups in total. The average Bonchev–Trinajstić information content (AvgIpc) is 2.43. The van der Waals surface area contributed by atoms with Gasteiger partial charge in [0.15, 0.2) is 6.29 Å². The van der Waals surface area contributed by atoms with Gasteiger partial charge in [-0.1, -0.05) is 30.7 Å². The summed E-state index contributed by atoms with van der Waals surface area (Å²) in [5.41, 5.74) is 0.752. The number of hydrogen-bond acceptors (Lipinski definition) is 3. The first-order valence-electron chi connectivity index (χ1n) is 7.03. The predicted octanol–water partition coefficient (Wildman–Crippen LogP) is 3.40. The Morgan fingerprint density at radius 1 is 1.20 bits per heavy atom. The van der Waals surface area contributed by atoms with Crippen LogP contribution in [0, 0.1) is 5.82 Å². The largest absolute Gasteiger partial charge is 0.351 e. The van der Waals surface area contributed by atoms with Crippen LogP contribution in [0.4, 0.5) is 4.39 Å². The summed E-state index contributed by atoms with van der Waals surface area (Å²) >= 11 is 6.01. The van der Waals surface area contributed by atoms with E-state index in [1.807, 2.05) is 26.8 Å². The van der Waals surface area contributed by atoms with Crippen molar-refractivity contribution in [2.75, 3.05) is 19.8 Å². The first-order chi connectivity index (χ1) is 9.63. The SMILES string of the molecule is CCNC(Cc1cccc(F)c1Cl)C(OCC)OCC. The van der Waals surface area contributed by atoms with Crippen molar-refractivity contribution < 1.29 is 13.9 Å². The Morgan fingerprint density at radius 2 is 1.85 bits per heavy atom. The number of nitrogens with one attached hydrogen (secondary N) is 1. The third-order valence-electron chi connectivity index (χ3n) is 2.93. The van der Waals surface area contributed by atoms with Gasteiger partial charge in [-0.2, -0.15) is 0 Å². The molecule has 0 saturated carbocycles. The second-order valence-electron chi connectivity index (χ2n) is 4.36. The van der Waals surface area contributed by atoms with Crippen LogP contribution in [0.2, 0.25) is 5.02 Å². The number of hydrogen-bond donors (Lipinski definition) is 1. The highest BCUT2D eigenvalue weighted by Crippen LogP contribution is 2.22. The Balaban J connectivity index is 2.86. The summed E-state index contributed by atoms with van der Waals surface area (Å²) in [6.07, 6.45) is 0.180. The molecule has 0 fully saturated rings. The second kappa shape index (κ2) is 9.29. The highest BCUT2D eigenvalue weighted by molar-refractivity contribution is 6.31. The smallest absolute Gasteiger partial charge is 0.172 e. The molecular weight excluding hydrogens is 281 g/mol. The van der Waals surface area contributed by atoms with Crippen molar-refractivity contribution in [1.82, 2.24) is 5.32 Å². The fourth-order valence-corrected chi connectivity index (χ4v) is 2.28. The lowest BCUT2D eigenvalue weighted by Gasteiger charge is -2.27. The number of likely N-dealkylation sites (N-methyl/N-ethyl adjacent to an activating group) is 1. The van der Waals surface area contributed by atoms with E-state index >= 15 is 0 Å². The molecule has 20 heavy (non-hydrogen) atoms. The predicted molar refractivity (Wildman–Crippen MR) is 79.6 cm³/mol. The van der Waals surface area contributed by atoms with Crippen molar-refractivity contribution in [1.29, 1.82) is 0 Å². The van der Waals surface area contributed by atoms with Crippen LogP contribution < -0.4 is 5.32 Å². The quantitative estimate of drug-likeness (QED) is 0.709. The molecule has 1 rings (SSSR count). The lowest BCUT2D eigenvalue weighted by Crippen LogP contribution is -2.44. The molecule has 0 aliphatic heterocycles. The van der Waals surface area contributed by atoms with Crippen molar-refractivity contribution in [3.63, 3.8) is 0 Å². The molecule has 0 spiro atoms. The van der Waals surface area contributed by atoms with Gasteiger partial charge in [0, 0.05) is 13.2 Å². The van der Waals surface area contributed by atoms with Crippen molar-refractivity contribution >= 4 is 11.6 Å². The summed E-state index contributed by atoms with van der Waals surface area (Å²) < 4.78 is 24.7. The van der Waals surface area contributed by atoms with Crippen molar-refractivity contribution in [2.45, 2.75) is 39.5 Å². The Morgan fingerprint density at radius 3 is 2.40 bits per heavy atom. The van der Waals surface area contributed by atoms with E-state index in [4.69, 9.17) is 21.1 Å². The molecule has 114 valence electrons. The van der Waals surface area contributed by atoms with E-state index in [0.717, 1.165) is 12.1 Å². The van der Waals surface area contributed by atoms with Gasteiger partial charge in [-0.15, -0.1) is 0 Å². The molecule has 1 unspecified atom stereocenters. The van der Waals surface area contributed by atoms with Gasteiger partial charge in [-0.3, -0.25) is 0 Å². The maximum absolute atomic E-state index is 13.5. The van der Waals surface area contributed by atoms with Crippen LogP contribution in [-0.2, 0) is 15.9 Å². The first kappa shape index (κ1) is 17.4. The summed E-state index contributed by atoms with van der Waals surface area (Å²) in [6.45, 7) is 7.74. The molecule has 0 heterocycles. The zero-order valence-corrected chi connectivity index (χ0v) is 13.0. The molecule has 0 bridgehead atoms. The molecule has 1 aromatic carbocycles. The Bertz CT molecular complexity index is 397. The van der Waals surface area contributed by atoms with Crippen molar-refractivity contribution in [2.24, 2.45) is 0 Å². The molecule has 1 aromatic rings. The molecule has 0 aliphatic rings. The number of benzene rings is 1. The highest BCUT2D eigenvalue weighted by Gasteiger charge is 2.23. The maximum Gasteiger partial charge on any atom is 0.172 e. The topological polar surface area (TPSA) is 30.5 Å². The Labute approximate surface area is 125 Å². The first-order valence-corrected chi connectivity index (χ1v) is 7.41. The minimum Gasteiger partial charge on any atom is -0.351 e. The molecule has 0 amide bonds. The van der Waals surface area contributed by atoms with Crippen molar-refractivity contribution in [3.05, 3.63) is 34.6 Å². The van der Waals surface area contributed by atoms with Crippen LogP contribution in [0.3, 0.4) is 0 Å². The zero-order chi connectivity index (χ0) is 15.0. The van der Waals surface area contributed by atoms with E-state index in [-0.39, 0.29) is 17.4 Å². The third-order valence-corrected chi connectivity index (χ3v) is 3.35. The van der Waals surface area contributed by atoms with E-state index in [2.05, 4.69) is 5.32 Å². The van der Waals surface area contributed by atoms with E-state index in [1.165, 1.54) is 6.07 Å². The number of ether oxygens (including phenoxy) is 2. The standard InChI is InChI=1S/C15H23ClFNO2/c1-4-18-13(15(19-5-2)20-6-3)10-11-8-7-9-12(17)14(11)16/h7-9,13,15,18H,4-6,10H2,1-3H3. The van der Waals surface area contributed by atoms with Gasteiger partial charge in [-0.25, -0.2) is 4.39 Å². The third kappa shape index (κ3) is 5.02. The summed E-state index contributed by atoms with van der Waals surface area (Å²) in [4.78, 5) is 0. The maximum atomic E-state index is 13.5. The van der Waals surface area contributed by atoms with Gasteiger partial charge in [-0.05, 0) is 38.4 Å². The van der Waals surface area contributed by atoms with Gasteiger partial charge in [0.05, 0.1) is 11.1 Å². The lowest BCUT2D eigenvalue weighted by molar-refractivity contribution is -0.153. The van der Waals surface area contributed by atoms with Crippen LogP contribution in [0.15, 0.2) is 18.2 Å². The van der Waals surface area contributed by atoms with E-state index in [9.17, 15) is 4.39 Å². The Kier molecular flexibility index (Phi) is 8.07. The van der Waals surface area contributed by atoms with Gasteiger partial charge in [0.1, 0.15) is 5.82 Å². The zero-order valence-electron chi connectivity index (χ0n) is 12.3. The summed E-state index contributed by atoms with van der Waals surface area (Å²) in [5.74, 6) is -0.399. The van der Waals surface area contributed by atoms with E-state index < -0.39 is 5.82 Å². The molecule has 0 saturated heterocycles. The van der Waals surface area contributed by atoms with Crippen LogP contribution in [0.5, 0.6) is 0 Å². The van der Waals surface area contributed by atoms with Crippen LogP contribution in [-0.4, -0.2) is 32.1 Å². The minimum atomic E-state index is -0.399. The van der Waals surface area contributed by atoms with Crippen LogP contribution in [0.1, 0.15) is 26.3 Å². The summed E-state index contributed by atoms with van der Waals surface area (Å²) in [7, 11) is 0. The average molecular weight is 304 g/mol. The molecule has 1 atom stereocenters. The van der Waals surface area contributed by atoms with Crippen molar-refractivity contribution in [3.8, 4) is 0 Å². The highest BCUT2D eigenvalue weighted by atomic mass is 35.5. The van der Waals surface area contributed by atoms with Crippen LogP contribution >= 0.6 is 11.6 Å². The summed E-state index contributed by atoms with van der Waals surface area (Å²) in [6, 6.07) is 4.77. The Hall–Kier alpha value is -0.680. The molecule has 0 aliphatic carbocycles. The van der Waals surface area contributed by atoms with Gasteiger partial charge < -0.3 is 14.8 Å². The molecular formula is C15H23ClFNO2. The molecule has 5 heteroatoms. The second-order valence-corrected chi connectivity index (χ2v) is 4.74. The fourth-order valence-electron chi connectivity index (χ4n) is 2.08. The van der Waals surface area contributed by atoms with Crippen LogP contribution in [0.25, 0.3) is 0 Å². The van der Waals surface area contributed by atoms with E-state index in [1.54, 1.807) is 6.07 Å². The monoisotopic (exact) mass is 303 g/mol. The fraction of sp³-hybridized carbons (Fsp3) is 0.600. The molecule has 0 aromatic heterocycles. The molecule has 3 nitrogen and oxygen atoms in total. The van der Waals surface area contributed by atoms with Gasteiger partial charge >= 0.3 is 0 Å². The number of rotatable bonds is 9. The molecule has 0 radical (unpaired) electrons. The summed E-state index contributed by atoms with van der Waals surface area (Å²) in [5, 5.41) is 3.49.